The lowest BCUT2D eigenvalue weighted by Gasteiger charge is -2.17. The fourth-order valence-electron chi connectivity index (χ4n) is 8.98. The van der Waals surface area contributed by atoms with Crippen molar-refractivity contribution in [2.75, 3.05) is 0 Å². The van der Waals surface area contributed by atoms with Gasteiger partial charge in [-0.25, -0.2) is 15.0 Å². The van der Waals surface area contributed by atoms with E-state index in [0.717, 1.165) is 69.9 Å². The van der Waals surface area contributed by atoms with Crippen LogP contribution in [0.25, 0.3) is 126 Å². The summed E-state index contributed by atoms with van der Waals surface area (Å²) in [5, 5.41) is 4.44. The highest BCUT2D eigenvalue weighted by molar-refractivity contribution is 7.26. The smallest absolute Gasteiger partial charge is 0.167 e. The Bertz CT molecular complexity index is 4150. The molecule has 0 saturated heterocycles. The van der Waals surface area contributed by atoms with Gasteiger partial charge in [-0.05, 0) is 41.9 Å². The predicted molar refractivity (Wildman–Crippen MR) is 262 cm³/mol. The van der Waals surface area contributed by atoms with Crippen LogP contribution in [-0.2, 0) is 0 Å². The number of hydrogen-bond acceptors (Lipinski definition) is 5. The number of rotatable bonds is 6. The van der Waals surface area contributed by atoms with Crippen LogP contribution in [0.5, 0.6) is 0 Å². The van der Waals surface area contributed by atoms with Crippen molar-refractivity contribution in [1.29, 1.82) is 0 Å². The molecule has 5 nitrogen and oxygen atoms in total. The van der Waals surface area contributed by atoms with Crippen LogP contribution in [-0.4, -0.2) is 19.5 Å². The fourth-order valence-corrected chi connectivity index (χ4v) is 10.2. The summed E-state index contributed by atoms with van der Waals surface area (Å²) in [5.74, 6) is 1.57. The number of fused-ring (bicyclic) bond motifs is 9. The maximum absolute atomic E-state index is 9.29. The van der Waals surface area contributed by atoms with Crippen LogP contribution >= 0.6 is 11.3 Å². The Morgan fingerprint density at radius 1 is 0.413 bits per heavy atom. The molecule has 4 aromatic heterocycles. The summed E-state index contributed by atoms with van der Waals surface area (Å²) in [6.07, 6.45) is 0. The normalized spacial score (nSPS) is 13.1. The standard InChI is InChI=1S/C57H34N4OS/c1-3-16-35(17-4-1)55-58-56(36-18-5-2-6-19-36)60-57(59-55)46-28-14-25-43-42-24-13-23-38(52(42)62-53(43)46)37-32-33-50(61-48-29-10-7-20-39(48)40-21-8-11-30-49(40)61)47(34-37)45-27-15-26-44-41-22-9-12-31-51(41)63-54(44)45/h1-34H/i7D,8D,20D,21D,29D,30D. The van der Waals surface area contributed by atoms with Gasteiger partial charge in [-0.3, -0.25) is 0 Å². The van der Waals surface area contributed by atoms with Crippen molar-refractivity contribution < 1.29 is 12.6 Å². The number of benzene rings is 9. The minimum Gasteiger partial charge on any atom is -0.455 e. The van der Waals surface area contributed by atoms with E-state index in [-0.39, 0.29) is 47.0 Å². The summed E-state index contributed by atoms with van der Waals surface area (Å²) in [6.45, 7) is 0. The third-order valence-electron chi connectivity index (χ3n) is 11.8. The molecule has 9 aromatic carbocycles. The third-order valence-corrected chi connectivity index (χ3v) is 13.1. The van der Waals surface area contributed by atoms with Gasteiger partial charge in [0, 0.05) is 69.5 Å². The number of para-hydroxylation sites is 4. The topological polar surface area (TPSA) is 56.7 Å². The molecular formula is C57H34N4OS. The Hall–Kier alpha value is -8.19. The van der Waals surface area contributed by atoms with Crippen molar-refractivity contribution in [2.45, 2.75) is 0 Å². The molecule has 0 atom stereocenters. The Morgan fingerprint density at radius 2 is 0.968 bits per heavy atom. The van der Waals surface area contributed by atoms with E-state index < -0.39 is 0 Å². The van der Waals surface area contributed by atoms with Crippen molar-refractivity contribution >= 4 is 75.3 Å². The van der Waals surface area contributed by atoms with E-state index >= 15 is 0 Å². The summed E-state index contributed by atoms with van der Waals surface area (Å²) in [6, 6.07) is 54.6. The summed E-state index contributed by atoms with van der Waals surface area (Å²) in [5.41, 5.74) is 8.35. The van der Waals surface area contributed by atoms with E-state index in [0.29, 0.717) is 45.4 Å². The average Bonchev–Trinajstić information content (AvgIpc) is 4.09. The number of furan rings is 1. The second kappa shape index (κ2) is 14.2. The second-order valence-electron chi connectivity index (χ2n) is 15.4. The highest BCUT2D eigenvalue weighted by Crippen LogP contribution is 2.46. The van der Waals surface area contributed by atoms with Gasteiger partial charge in [-0.1, -0.05) is 170 Å². The quantitative estimate of drug-likeness (QED) is 0.168. The second-order valence-corrected chi connectivity index (χ2v) is 16.5. The zero-order chi connectivity index (χ0) is 46.7. The molecule has 0 bridgehead atoms. The van der Waals surface area contributed by atoms with Crippen molar-refractivity contribution in [3.8, 4) is 62.1 Å². The molecule has 13 rings (SSSR count). The molecule has 294 valence electrons. The molecule has 0 spiro atoms. The van der Waals surface area contributed by atoms with E-state index in [1.54, 1.807) is 15.9 Å². The lowest BCUT2D eigenvalue weighted by atomic mass is 9.95. The lowest BCUT2D eigenvalue weighted by Crippen LogP contribution is -2.00. The summed E-state index contributed by atoms with van der Waals surface area (Å²) < 4.78 is 65.0. The van der Waals surface area contributed by atoms with Crippen molar-refractivity contribution in [3.63, 3.8) is 0 Å². The van der Waals surface area contributed by atoms with E-state index in [2.05, 4.69) is 36.4 Å². The van der Waals surface area contributed by atoms with E-state index in [4.69, 9.17) is 24.9 Å². The Kier molecular flexibility index (Phi) is 6.75. The number of hydrogen-bond donors (Lipinski definition) is 0. The first-order valence-corrected chi connectivity index (χ1v) is 21.4. The van der Waals surface area contributed by atoms with E-state index in [9.17, 15) is 2.74 Å². The minimum atomic E-state index is -0.163. The highest BCUT2D eigenvalue weighted by Gasteiger charge is 2.22. The molecular weight excluding hydrogens is 789 g/mol. The van der Waals surface area contributed by atoms with Gasteiger partial charge in [-0.2, -0.15) is 0 Å². The zero-order valence-electron chi connectivity index (χ0n) is 39.3. The molecule has 0 amide bonds. The largest absolute Gasteiger partial charge is 0.455 e. The first kappa shape index (κ1) is 29.9. The first-order valence-electron chi connectivity index (χ1n) is 23.6. The van der Waals surface area contributed by atoms with Gasteiger partial charge in [0.05, 0.1) is 30.5 Å². The summed E-state index contributed by atoms with van der Waals surface area (Å²) in [4.78, 5) is 15.0. The Labute approximate surface area is 374 Å². The molecule has 0 aliphatic carbocycles. The number of aromatic nitrogens is 4. The maximum atomic E-state index is 9.29. The van der Waals surface area contributed by atoms with Crippen LogP contribution < -0.4 is 0 Å². The van der Waals surface area contributed by atoms with E-state index in [1.807, 2.05) is 121 Å². The van der Waals surface area contributed by atoms with Gasteiger partial charge in [0.15, 0.2) is 17.5 Å². The van der Waals surface area contributed by atoms with Crippen LogP contribution in [0, 0.1) is 0 Å². The maximum Gasteiger partial charge on any atom is 0.167 e. The Morgan fingerprint density at radius 3 is 1.65 bits per heavy atom. The van der Waals surface area contributed by atoms with E-state index in [1.165, 1.54) is 12.1 Å². The molecule has 6 heteroatoms. The monoisotopic (exact) mass is 828 g/mol. The Balaban J connectivity index is 1.08. The zero-order valence-corrected chi connectivity index (χ0v) is 34.1. The molecule has 63 heavy (non-hydrogen) atoms. The molecule has 13 aromatic rings. The van der Waals surface area contributed by atoms with Gasteiger partial charge < -0.3 is 8.98 Å². The average molecular weight is 829 g/mol. The molecule has 0 aliphatic heterocycles. The molecule has 0 saturated carbocycles. The fraction of sp³-hybridized carbons (Fsp3) is 0. The van der Waals surface area contributed by atoms with Crippen molar-refractivity contribution in [2.24, 2.45) is 0 Å². The summed E-state index contributed by atoms with van der Waals surface area (Å²) in [7, 11) is 0. The molecule has 0 unspecified atom stereocenters. The summed E-state index contributed by atoms with van der Waals surface area (Å²) >= 11 is 1.69. The van der Waals surface area contributed by atoms with Crippen LogP contribution in [0.1, 0.15) is 8.22 Å². The van der Waals surface area contributed by atoms with Gasteiger partial charge in [0.2, 0.25) is 0 Å². The molecule has 4 heterocycles. The third kappa shape index (κ3) is 5.66. The SMILES string of the molecule is [2H]c1cc([2H])c2c(c1[2H])c1c([2H])c([2H])cc([2H])c1n2-c1ccc(-c2cccc3c2oc2c(-c4nc(-c5ccccc5)nc(-c5ccccc5)n4)cccc23)cc1-c1cccc2c1sc1ccccc12. The van der Waals surface area contributed by atoms with Crippen molar-refractivity contribution in [3.05, 3.63) is 206 Å². The molecule has 0 N–H and O–H groups in total. The molecule has 0 fully saturated rings. The first-order chi connectivity index (χ1) is 33.7. The van der Waals surface area contributed by atoms with Gasteiger partial charge in [0.1, 0.15) is 11.2 Å². The molecule has 0 radical (unpaired) electrons. The number of nitrogens with zero attached hydrogens (tertiary/aromatic N) is 4. The van der Waals surface area contributed by atoms with Crippen molar-refractivity contribution in [1.82, 2.24) is 19.5 Å². The number of thiophene rings is 1. The van der Waals surface area contributed by atoms with Gasteiger partial charge >= 0.3 is 0 Å². The minimum absolute atomic E-state index is 0.0181. The van der Waals surface area contributed by atoms with Crippen LogP contribution in [0.2, 0.25) is 0 Å². The van der Waals surface area contributed by atoms with Crippen LogP contribution in [0.3, 0.4) is 0 Å². The van der Waals surface area contributed by atoms with Gasteiger partial charge in [-0.15, -0.1) is 11.3 Å². The van der Waals surface area contributed by atoms with Gasteiger partial charge in [0.25, 0.3) is 0 Å². The van der Waals surface area contributed by atoms with Crippen LogP contribution in [0.15, 0.2) is 211 Å². The van der Waals surface area contributed by atoms with Crippen LogP contribution in [0.4, 0.5) is 0 Å². The predicted octanol–water partition coefficient (Wildman–Crippen LogP) is 15.6. The molecule has 0 aliphatic rings. The highest BCUT2D eigenvalue weighted by atomic mass is 32.1. The lowest BCUT2D eigenvalue weighted by molar-refractivity contribution is 0.670.